The molecule has 0 radical (unpaired) electrons. The minimum atomic E-state index is -3.79. The Morgan fingerprint density at radius 3 is 2.07 bits per heavy atom. The second-order valence-corrected chi connectivity index (χ2v) is 9.76. The lowest BCUT2D eigenvalue weighted by Crippen LogP contribution is -2.39. The molecule has 0 heterocycles. The van der Waals surface area contributed by atoms with Crippen LogP contribution in [0.5, 0.6) is 5.75 Å². The highest BCUT2D eigenvalue weighted by atomic mass is 32.2. The van der Waals surface area contributed by atoms with Crippen molar-refractivity contribution in [3.05, 3.63) is 59.7 Å². The number of rotatable bonds is 7. The summed E-state index contributed by atoms with van der Waals surface area (Å²) >= 11 is 0. The predicted molar refractivity (Wildman–Crippen MR) is 112 cm³/mol. The third-order valence-electron chi connectivity index (χ3n) is 6.35. The molecule has 1 aliphatic rings. The number of methoxy groups -OCH3 is 1. The molecule has 0 atom stereocenters. The Morgan fingerprint density at radius 2 is 1.55 bits per heavy atom. The first-order valence-corrected chi connectivity index (χ1v) is 11.5. The van der Waals surface area contributed by atoms with E-state index in [1.807, 2.05) is 31.2 Å². The zero-order valence-electron chi connectivity index (χ0n) is 17.3. The predicted octanol–water partition coefficient (Wildman–Crippen LogP) is 4.57. The topological polar surface area (TPSA) is 72.8 Å². The maximum atomic E-state index is 12.6. The molecule has 0 aliphatic heterocycles. The first-order valence-electron chi connectivity index (χ1n) is 10.0. The zero-order valence-corrected chi connectivity index (χ0v) is 18.2. The van der Waals surface area contributed by atoms with Gasteiger partial charge in [-0.05, 0) is 74.3 Å². The molecule has 6 heteroatoms. The van der Waals surface area contributed by atoms with Crippen LogP contribution in [0.1, 0.15) is 50.2 Å². The first-order chi connectivity index (χ1) is 13.7. The number of hydrogen-bond donors (Lipinski definition) is 1. The van der Waals surface area contributed by atoms with Gasteiger partial charge < -0.3 is 9.84 Å². The molecule has 29 heavy (non-hydrogen) atoms. The first kappa shape index (κ1) is 21.8. The van der Waals surface area contributed by atoms with Gasteiger partial charge in [0.15, 0.2) is 0 Å². The van der Waals surface area contributed by atoms with E-state index in [-0.39, 0.29) is 16.9 Å². The summed E-state index contributed by atoms with van der Waals surface area (Å²) in [6, 6.07) is 14.2. The van der Waals surface area contributed by atoms with Gasteiger partial charge in [0.2, 0.25) is 0 Å². The molecule has 1 saturated carbocycles. The Balaban J connectivity index is 1.67. The average Bonchev–Trinajstić information content (AvgIpc) is 2.74. The molecular weight excluding hydrogens is 388 g/mol. The molecule has 2 aromatic carbocycles. The SMILES string of the molecule is CCC1(COS(=O)(=O)c2ccc(C)cc2)CCC(O)(c2ccc(OC)cc2)CC1. The van der Waals surface area contributed by atoms with Crippen molar-refractivity contribution in [3.8, 4) is 5.75 Å². The van der Waals surface area contributed by atoms with Gasteiger partial charge >= 0.3 is 0 Å². The highest BCUT2D eigenvalue weighted by molar-refractivity contribution is 7.86. The van der Waals surface area contributed by atoms with Crippen molar-refractivity contribution >= 4 is 10.1 Å². The maximum Gasteiger partial charge on any atom is 0.296 e. The third kappa shape index (κ3) is 4.82. The van der Waals surface area contributed by atoms with Crippen LogP contribution in [0.4, 0.5) is 0 Å². The molecule has 0 unspecified atom stereocenters. The van der Waals surface area contributed by atoms with Crippen molar-refractivity contribution in [2.24, 2.45) is 5.41 Å². The summed E-state index contributed by atoms with van der Waals surface area (Å²) in [5, 5.41) is 11.2. The lowest BCUT2D eigenvalue weighted by Gasteiger charge is -2.43. The van der Waals surface area contributed by atoms with Crippen LogP contribution in [0.15, 0.2) is 53.4 Å². The summed E-state index contributed by atoms with van der Waals surface area (Å²) in [6.45, 7) is 4.10. The minimum absolute atomic E-state index is 0.137. The van der Waals surface area contributed by atoms with Crippen molar-refractivity contribution < 1.29 is 22.4 Å². The van der Waals surface area contributed by atoms with Crippen LogP contribution in [0.3, 0.4) is 0 Å². The van der Waals surface area contributed by atoms with Crippen LogP contribution in [-0.4, -0.2) is 27.2 Å². The third-order valence-corrected chi connectivity index (χ3v) is 7.62. The Hall–Kier alpha value is -1.89. The summed E-state index contributed by atoms with van der Waals surface area (Å²) in [4.78, 5) is 0.180. The second kappa shape index (κ2) is 8.46. The van der Waals surface area contributed by atoms with E-state index in [4.69, 9.17) is 8.92 Å². The molecule has 158 valence electrons. The van der Waals surface area contributed by atoms with E-state index in [0.29, 0.717) is 25.7 Å². The number of ether oxygens (including phenoxy) is 1. The van der Waals surface area contributed by atoms with E-state index in [2.05, 4.69) is 6.92 Å². The van der Waals surface area contributed by atoms with Gasteiger partial charge in [0.05, 0.1) is 24.2 Å². The molecule has 5 nitrogen and oxygen atoms in total. The fourth-order valence-corrected chi connectivity index (χ4v) is 4.97. The number of aryl methyl sites for hydroxylation is 1. The Morgan fingerprint density at radius 1 is 0.966 bits per heavy atom. The molecule has 0 aromatic heterocycles. The van der Waals surface area contributed by atoms with Crippen LogP contribution >= 0.6 is 0 Å². The smallest absolute Gasteiger partial charge is 0.296 e. The van der Waals surface area contributed by atoms with Crippen molar-refractivity contribution in [3.63, 3.8) is 0 Å². The Kier molecular flexibility index (Phi) is 6.36. The summed E-state index contributed by atoms with van der Waals surface area (Å²) in [7, 11) is -2.17. The van der Waals surface area contributed by atoms with Gasteiger partial charge in [-0.1, -0.05) is 36.8 Å². The quantitative estimate of drug-likeness (QED) is 0.667. The number of benzene rings is 2. The standard InChI is InChI=1S/C23H30O5S/c1-4-22(17-28-29(25,26)21-11-5-18(2)6-12-21)13-15-23(24,16-14-22)19-7-9-20(27-3)10-8-19/h5-12,24H,4,13-17H2,1-3H3. The summed E-state index contributed by atoms with van der Waals surface area (Å²) < 4.78 is 35.8. The van der Waals surface area contributed by atoms with Crippen molar-refractivity contribution in [1.82, 2.24) is 0 Å². The molecule has 0 amide bonds. The highest BCUT2D eigenvalue weighted by Gasteiger charge is 2.42. The fraction of sp³-hybridized carbons (Fsp3) is 0.478. The summed E-state index contributed by atoms with van der Waals surface area (Å²) in [5.74, 6) is 0.755. The maximum absolute atomic E-state index is 12.6. The van der Waals surface area contributed by atoms with Crippen LogP contribution in [0.25, 0.3) is 0 Å². The number of hydrogen-bond acceptors (Lipinski definition) is 5. The minimum Gasteiger partial charge on any atom is -0.497 e. The molecule has 1 fully saturated rings. The summed E-state index contributed by atoms with van der Waals surface area (Å²) in [5.41, 5.74) is 0.715. The second-order valence-electron chi connectivity index (χ2n) is 8.14. The van der Waals surface area contributed by atoms with Gasteiger partial charge in [-0.3, -0.25) is 4.18 Å². The van der Waals surface area contributed by atoms with Gasteiger partial charge in [-0.15, -0.1) is 0 Å². The fourth-order valence-electron chi connectivity index (χ4n) is 3.96. The van der Waals surface area contributed by atoms with E-state index in [1.165, 1.54) is 0 Å². The van der Waals surface area contributed by atoms with E-state index in [1.54, 1.807) is 31.4 Å². The molecule has 0 saturated heterocycles. The van der Waals surface area contributed by atoms with Gasteiger partial charge in [-0.2, -0.15) is 8.42 Å². The number of aliphatic hydroxyl groups is 1. The van der Waals surface area contributed by atoms with Crippen molar-refractivity contribution in [2.45, 2.75) is 56.4 Å². The zero-order chi connectivity index (χ0) is 21.1. The molecule has 2 aromatic rings. The van der Waals surface area contributed by atoms with E-state index >= 15 is 0 Å². The van der Waals surface area contributed by atoms with Gasteiger partial charge in [0.1, 0.15) is 5.75 Å². The van der Waals surface area contributed by atoms with E-state index in [0.717, 1.165) is 23.3 Å². The van der Waals surface area contributed by atoms with Crippen LogP contribution in [0, 0.1) is 12.3 Å². The average molecular weight is 419 g/mol. The van der Waals surface area contributed by atoms with Gasteiger partial charge in [0, 0.05) is 0 Å². The molecular formula is C23H30O5S. The van der Waals surface area contributed by atoms with Gasteiger partial charge in [0.25, 0.3) is 10.1 Å². The van der Waals surface area contributed by atoms with Crippen molar-refractivity contribution in [1.29, 1.82) is 0 Å². The summed E-state index contributed by atoms with van der Waals surface area (Å²) in [6.07, 6.45) is 3.35. The monoisotopic (exact) mass is 418 g/mol. The molecule has 1 aliphatic carbocycles. The van der Waals surface area contributed by atoms with E-state index in [9.17, 15) is 13.5 Å². The lowest BCUT2D eigenvalue weighted by atomic mass is 9.66. The molecule has 0 spiro atoms. The van der Waals surface area contributed by atoms with Crippen LogP contribution in [-0.2, 0) is 19.9 Å². The van der Waals surface area contributed by atoms with E-state index < -0.39 is 15.7 Å². The van der Waals surface area contributed by atoms with Crippen LogP contribution in [0.2, 0.25) is 0 Å². The molecule has 1 N–H and O–H groups in total. The van der Waals surface area contributed by atoms with Gasteiger partial charge in [-0.25, -0.2) is 0 Å². The Labute approximate surface area is 173 Å². The Bertz CT molecular complexity index is 909. The normalized spacial score (nSPS) is 25.0. The lowest BCUT2D eigenvalue weighted by molar-refractivity contribution is -0.0512. The van der Waals surface area contributed by atoms with Crippen LogP contribution < -0.4 is 4.74 Å². The molecule has 0 bridgehead atoms. The van der Waals surface area contributed by atoms with Crippen molar-refractivity contribution in [2.75, 3.05) is 13.7 Å². The molecule has 3 rings (SSSR count). The largest absolute Gasteiger partial charge is 0.497 e. The highest BCUT2D eigenvalue weighted by Crippen LogP contribution is 2.48.